The summed E-state index contributed by atoms with van der Waals surface area (Å²) in [6.07, 6.45) is 0. The van der Waals surface area contributed by atoms with Crippen molar-refractivity contribution in [3.63, 3.8) is 0 Å². The van der Waals surface area contributed by atoms with Crippen LogP contribution in [0, 0.1) is 0 Å². The summed E-state index contributed by atoms with van der Waals surface area (Å²) in [5.74, 6) is -4.77. The van der Waals surface area contributed by atoms with Crippen molar-refractivity contribution in [1.82, 2.24) is 0 Å². The Balaban J connectivity index is 2.53. The predicted octanol–water partition coefficient (Wildman–Crippen LogP) is 2.41. The number of carbonyl (C=O) groups excluding carboxylic acids is 1. The Kier molecular flexibility index (Phi) is 4.14. The second kappa shape index (κ2) is 5.72. The standard InChI is InChI=1S/C14H11FO6S/c1-2-21-11(16)10-5-7-3-4-8(6-9(7)22-10)14(15,12(17)18)13(19)20/h3-6H,2H2,1H3,(H,17,18)(H,19,20). The van der Waals surface area contributed by atoms with E-state index in [4.69, 9.17) is 14.9 Å². The molecule has 0 aliphatic rings. The van der Waals surface area contributed by atoms with Crippen LogP contribution in [0.1, 0.15) is 22.2 Å². The molecule has 0 saturated heterocycles. The summed E-state index contributed by atoms with van der Waals surface area (Å²) in [4.78, 5) is 33.8. The second-order valence-electron chi connectivity index (χ2n) is 4.35. The molecule has 0 saturated carbocycles. The molecule has 0 unspecified atom stereocenters. The van der Waals surface area contributed by atoms with Crippen LogP contribution >= 0.6 is 11.3 Å². The van der Waals surface area contributed by atoms with Gasteiger partial charge in [-0.2, -0.15) is 0 Å². The van der Waals surface area contributed by atoms with E-state index in [1.165, 1.54) is 12.1 Å². The summed E-state index contributed by atoms with van der Waals surface area (Å²) in [5, 5.41) is 18.3. The number of carboxylic acids is 2. The van der Waals surface area contributed by atoms with Gasteiger partial charge in [-0.25, -0.2) is 18.8 Å². The van der Waals surface area contributed by atoms with Gasteiger partial charge < -0.3 is 14.9 Å². The molecule has 8 heteroatoms. The molecule has 22 heavy (non-hydrogen) atoms. The SMILES string of the molecule is CCOC(=O)c1cc2ccc(C(F)(C(=O)O)C(=O)O)cc2s1. The van der Waals surface area contributed by atoms with E-state index in [0.717, 1.165) is 23.5 Å². The number of rotatable bonds is 5. The third-order valence-electron chi connectivity index (χ3n) is 2.98. The van der Waals surface area contributed by atoms with E-state index in [2.05, 4.69) is 0 Å². The fourth-order valence-electron chi connectivity index (χ4n) is 1.89. The first-order chi connectivity index (χ1) is 10.3. The molecule has 1 heterocycles. The van der Waals surface area contributed by atoms with Gasteiger partial charge in [0.25, 0.3) is 0 Å². The van der Waals surface area contributed by atoms with Crippen LogP contribution in [0.2, 0.25) is 0 Å². The lowest BCUT2D eigenvalue weighted by atomic mass is 9.95. The molecule has 2 aromatic rings. The van der Waals surface area contributed by atoms with Crippen molar-refractivity contribution in [2.24, 2.45) is 0 Å². The van der Waals surface area contributed by atoms with Crippen LogP contribution in [0.3, 0.4) is 0 Å². The van der Waals surface area contributed by atoms with E-state index in [-0.39, 0.29) is 11.5 Å². The van der Waals surface area contributed by atoms with Crippen molar-refractivity contribution in [2.75, 3.05) is 6.61 Å². The Morgan fingerprint density at radius 3 is 2.41 bits per heavy atom. The number of hydrogen-bond acceptors (Lipinski definition) is 5. The van der Waals surface area contributed by atoms with Crippen molar-refractivity contribution in [1.29, 1.82) is 0 Å². The number of hydrogen-bond donors (Lipinski definition) is 2. The summed E-state index contributed by atoms with van der Waals surface area (Å²) in [6.45, 7) is 1.85. The molecule has 2 N–H and O–H groups in total. The lowest BCUT2D eigenvalue weighted by Gasteiger charge is -2.15. The fraction of sp³-hybridized carbons (Fsp3) is 0.214. The number of benzene rings is 1. The first-order valence-corrected chi connectivity index (χ1v) is 6.99. The Labute approximate surface area is 127 Å². The van der Waals surface area contributed by atoms with E-state index in [9.17, 15) is 18.8 Å². The molecule has 0 fully saturated rings. The van der Waals surface area contributed by atoms with Crippen LogP contribution in [0.5, 0.6) is 0 Å². The Hall–Kier alpha value is -2.48. The molecule has 1 aromatic heterocycles. The molecule has 0 aliphatic heterocycles. The zero-order chi connectivity index (χ0) is 16.5. The van der Waals surface area contributed by atoms with Crippen LogP contribution in [-0.2, 0) is 20.0 Å². The number of aliphatic carboxylic acids is 2. The number of carbonyl (C=O) groups is 3. The van der Waals surface area contributed by atoms with Gasteiger partial charge in [0.05, 0.1) is 6.61 Å². The predicted molar refractivity (Wildman–Crippen MR) is 75.8 cm³/mol. The first-order valence-electron chi connectivity index (χ1n) is 6.17. The van der Waals surface area contributed by atoms with Gasteiger partial charge >= 0.3 is 23.6 Å². The van der Waals surface area contributed by atoms with Gasteiger partial charge in [-0.1, -0.05) is 12.1 Å². The number of thiophene rings is 1. The Morgan fingerprint density at radius 2 is 1.86 bits per heavy atom. The van der Waals surface area contributed by atoms with Crippen molar-refractivity contribution >= 4 is 39.3 Å². The molecule has 0 aliphatic carbocycles. The summed E-state index contributed by atoms with van der Waals surface area (Å²) in [6, 6.07) is 5.07. The van der Waals surface area contributed by atoms with Crippen LogP contribution in [-0.4, -0.2) is 34.7 Å². The lowest BCUT2D eigenvalue weighted by molar-refractivity contribution is -0.167. The van der Waals surface area contributed by atoms with E-state index in [1.807, 2.05) is 0 Å². The third kappa shape index (κ3) is 2.52. The van der Waals surface area contributed by atoms with Crippen LogP contribution < -0.4 is 0 Å². The average Bonchev–Trinajstić information content (AvgIpc) is 2.89. The highest BCUT2D eigenvalue weighted by atomic mass is 32.1. The molecule has 116 valence electrons. The summed E-state index contributed by atoms with van der Waals surface area (Å²) in [5.41, 5.74) is -4.06. The van der Waals surface area contributed by atoms with Gasteiger partial charge in [0, 0.05) is 10.3 Å². The molecule has 0 amide bonds. The van der Waals surface area contributed by atoms with Crippen molar-refractivity contribution in [3.05, 3.63) is 34.7 Å². The van der Waals surface area contributed by atoms with Gasteiger partial charge in [0.15, 0.2) is 0 Å². The highest BCUT2D eigenvalue weighted by Crippen LogP contribution is 2.33. The van der Waals surface area contributed by atoms with Crippen LogP contribution in [0.15, 0.2) is 24.3 Å². The molecule has 0 bridgehead atoms. The molecule has 1 aromatic carbocycles. The Morgan fingerprint density at radius 1 is 1.23 bits per heavy atom. The molecule has 0 atom stereocenters. The van der Waals surface area contributed by atoms with Gasteiger partial charge in [-0.3, -0.25) is 0 Å². The van der Waals surface area contributed by atoms with E-state index >= 15 is 0 Å². The maximum absolute atomic E-state index is 14.3. The average molecular weight is 326 g/mol. The normalized spacial score (nSPS) is 11.4. The zero-order valence-electron chi connectivity index (χ0n) is 11.3. The number of esters is 1. The third-order valence-corrected chi connectivity index (χ3v) is 4.06. The number of ether oxygens (including phenoxy) is 1. The highest BCUT2D eigenvalue weighted by molar-refractivity contribution is 7.20. The largest absolute Gasteiger partial charge is 0.478 e. The highest BCUT2D eigenvalue weighted by Gasteiger charge is 2.49. The quantitative estimate of drug-likeness (QED) is 0.646. The van der Waals surface area contributed by atoms with Crippen LogP contribution in [0.25, 0.3) is 10.1 Å². The van der Waals surface area contributed by atoms with Gasteiger partial charge in [0.1, 0.15) is 4.88 Å². The summed E-state index contributed by atoms with van der Waals surface area (Å²) in [7, 11) is 0. The topological polar surface area (TPSA) is 101 Å². The van der Waals surface area contributed by atoms with Gasteiger partial charge in [-0.05, 0) is 24.4 Å². The van der Waals surface area contributed by atoms with E-state index in [1.54, 1.807) is 6.92 Å². The molecule has 6 nitrogen and oxygen atoms in total. The number of carboxylic acid groups (broad SMARTS) is 2. The van der Waals surface area contributed by atoms with Crippen LogP contribution in [0.4, 0.5) is 4.39 Å². The lowest BCUT2D eigenvalue weighted by Crippen LogP contribution is -2.39. The second-order valence-corrected chi connectivity index (χ2v) is 5.44. The summed E-state index contributed by atoms with van der Waals surface area (Å²) >= 11 is 0.972. The smallest absolute Gasteiger partial charge is 0.358 e. The van der Waals surface area contributed by atoms with Crippen molar-refractivity contribution < 1.29 is 33.7 Å². The fourth-order valence-corrected chi connectivity index (χ4v) is 2.88. The number of fused-ring (bicyclic) bond motifs is 1. The van der Waals surface area contributed by atoms with E-state index < -0.39 is 29.1 Å². The summed E-state index contributed by atoms with van der Waals surface area (Å²) < 4.78 is 19.5. The minimum absolute atomic E-state index is 0.198. The monoisotopic (exact) mass is 326 g/mol. The Bertz CT molecular complexity index is 752. The van der Waals surface area contributed by atoms with Gasteiger partial charge in [-0.15, -0.1) is 11.3 Å². The van der Waals surface area contributed by atoms with Crippen molar-refractivity contribution in [2.45, 2.75) is 12.6 Å². The molecule has 0 radical (unpaired) electrons. The molecule has 2 rings (SSSR count). The maximum Gasteiger partial charge on any atom is 0.358 e. The number of halogens is 1. The van der Waals surface area contributed by atoms with Crippen molar-refractivity contribution in [3.8, 4) is 0 Å². The molecular formula is C14H11FO6S. The minimum atomic E-state index is -3.54. The first kappa shape index (κ1) is 15.9. The van der Waals surface area contributed by atoms with Gasteiger partial charge in [0.2, 0.25) is 0 Å². The molecular weight excluding hydrogens is 315 g/mol. The number of alkyl halides is 1. The zero-order valence-corrected chi connectivity index (χ0v) is 12.1. The van der Waals surface area contributed by atoms with E-state index in [0.29, 0.717) is 10.1 Å². The maximum atomic E-state index is 14.3. The molecule has 0 spiro atoms. The minimum Gasteiger partial charge on any atom is -0.478 e.